The fraction of sp³-hybridized carbons (Fsp3) is 0.125. The van der Waals surface area contributed by atoms with Gasteiger partial charge >= 0.3 is 0 Å². The number of amides is 2. The molecular weight excluding hydrogens is 312 g/mol. The maximum Gasteiger partial charge on any atom is 0.259 e. The molecule has 8 heteroatoms. The van der Waals surface area contributed by atoms with E-state index in [1.165, 1.54) is 37.9 Å². The summed E-state index contributed by atoms with van der Waals surface area (Å²) in [4.78, 5) is 27.2. The molecule has 124 valence electrons. The maximum absolute atomic E-state index is 11.8. The van der Waals surface area contributed by atoms with Crippen molar-refractivity contribution in [2.75, 3.05) is 13.7 Å². The number of benzene rings is 1. The van der Waals surface area contributed by atoms with Crippen LogP contribution in [0, 0.1) is 0 Å². The zero-order chi connectivity index (χ0) is 17.4. The van der Waals surface area contributed by atoms with E-state index in [0.29, 0.717) is 16.9 Å². The highest BCUT2D eigenvalue weighted by Crippen LogP contribution is 2.27. The lowest BCUT2D eigenvalue weighted by Crippen LogP contribution is -2.34. The van der Waals surface area contributed by atoms with Gasteiger partial charge in [-0.3, -0.25) is 14.6 Å². The molecule has 0 aliphatic rings. The van der Waals surface area contributed by atoms with Crippen LogP contribution in [0.4, 0.5) is 0 Å². The van der Waals surface area contributed by atoms with E-state index in [2.05, 4.69) is 20.8 Å². The van der Waals surface area contributed by atoms with Crippen LogP contribution in [0.15, 0.2) is 47.8 Å². The molecule has 1 aromatic heterocycles. The number of hydrogen-bond donors (Lipinski definition) is 3. The standard InChI is InChI=1S/C16H16N4O4/c1-24-13-4-2-3-12(15(13)22)9-19-20-14(21)10-18-16(23)11-5-7-17-8-6-11/h2-9,22H,10H2,1H3,(H,18,23)(H,20,21)/b19-9+. The van der Waals surface area contributed by atoms with Gasteiger partial charge in [0.25, 0.3) is 11.8 Å². The number of nitrogens with one attached hydrogen (secondary N) is 2. The first-order chi connectivity index (χ1) is 11.6. The van der Waals surface area contributed by atoms with Crippen molar-refractivity contribution in [3.8, 4) is 11.5 Å². The molecule has 2 aromatic rings. The average Bonchev–Trinajstić information content (AvgIpc) is 2.62. The van der Waals surface area contributed by atoms with Crippen LogP contribution < -0.4 is 15.5 Å². The van der Waals surface area contributed by atoms with Crippen molar-refractivity contribution in [1.82, 2.24) is 15.7 Å². The van der Waals surface area contributed by atoms with Crippen molar-refractivity contribution in [3.63, 3.8) is 0 Å². The third kappa shape index (κ3) is 4.54. The molecule has 0 bridgehead atoms. The number of phenols is 1. The second-order valence-electron chi connectivity index (χ2n) is 4.61. The molecule has 2 amide bonds. The molecule has 0 spiro atoms. The number of ether oxygens (including phenoxy) is 1. The highest BCUT2D eigenvalue weighted by atomic mass is 16.5. The van der Waals surface area contributed by atoms with Crippen LogP contribution in [0.1, 0.15) is 15.9 Å². The van der Waals surface area contributed by atoms with Crippen molar-refractivity contribution in [3.05, 3.63) is 53.9 Å². The Morgan fingerprint density at radius 3 is 2.75 bits per heavy atom. The van der Waals surface area contributed by atoms with Crippen molar-refractivity contribution in [2.45, 2.75) is 0 Å². The van der Waals surface area contributed by atoms with Gasteiger partial charge in [0.05, 0.1) is 19.9 Å². The van der Waals surface area contributed by atoms with Crippen LogP contribution >= 0.6 is 0 Å². The molecule has 1 heterocycles. The molecule has 0 aliphatic heterocycles. The molecule has 0 saturated carbocycles. The molecule has 0 saturated heterocycles. The van der Waals surface area contributed by atoms with Gasteiger partial charge in [0.15, 0.2) is 11.5 Å². The Morgan fingerprint density at radius 2 is 2.04 bits per heavy atom. The number of para-hydroxylation sites is 1. The summed E-state index contributed by atoms with van der Waals surface area (Å²) in [6.07, 6.45) is 4.25. The topological polar surface area (TPSA) is 113 Å². The van der Waals surface area contributed by atoms with Gasteiger partial charge < -0.3 is 15.2 Å². The SMILES string of the molecule is COc1cccc(/C=N/NC(=O)CNC(=O)c2ccncc2)c1O. The zero-order valence-electron chi connectivity index (χ0n) is 12.9. The number of phenolic OH excluding ortho intramolecular Hbond substituents is 1. The van der Waals surface area contributed by atoms with Gasteiger partial charge in [-0.15, -0.1) is 0 Å². The second kappa shape index (κ2) is 8.28. The number of aromatic hydroxyl groups is 1. The Kier molecular flexibility index (Phi) is 5.84. The summed E-state index contributed by atoms with van der Waals surface area (Å²) in [6, 6.07) is 7.96. The van der Waals surface area contributed by atoms with Crippen molar-refractivity contribution >= 4 is 18.0 Å². The van der Waals surface area contributed by atoms with Gasteiger partial charge in [-0.05, 0) is 24.3 Å². The van der Waals surface area contributed by atoms with Gasteiger partial charge in [-0.1, -0.05) is 6.07 Å². The van der Waals surface area contributed by atoms with E-state index in [0.717, 1.165) is 0 Å². The molecule has 24 heavy (non-hydrogen) atoms. The van der Waals surface area contributed by atoms with Gasteiger partial charge in [0.2, 0.25) is 0 Å². The maximum atomic E-state index is 11.8. The Hall–Kier alpha value is -3.42. The number of aromatic nitrogens is 1. The third-order valence-electron chi connectivity index (χ3n) is 3.00. The van der Waals surface area contributed by atoms with Crippen molar-refractivity contribution < 1.29 is 19.4 Å². The monoisotopic (exact) mass is 328 g/mol. The lowest BCUT2D eigenvalue weighted by molar-refractivity contribution is -0.120. The molecule has 0 atom stereocenters. The minimum absolute atomic E-state index is 0.0796. The van der Waals surface area contributed by atoms with Crippen LogP contribution in [0.5, 0.6) is 11.5 Å². The Morgan fingerprint density at radius 1 is 1.29 bits per heavy atom. The minimum atomic E-state index is -0.504. The van der Waals surface area contributed by atoms with Gasteiger partial charge in [-0.25, -0.2) is 5.43 Å². The Labute approximate surface area is 138 Å². The first-order valence-electron chi connectivity index (χ1n) is 6.98. The first kappa shape index (κ1) is 16.9. The lowest BCUT2D eigenvalue weighted by atomic mass is 10.2. The van der Waals surface area contributed by atoms with Gasteiger partial charge in [0, 0.05) is 23.5 Å². The van der Waals surface area contributed by atoms with E-state index in [1.807, 2.05) is 0 Å². The second-order valence-corrected chi connectivity index (χ2v) is 4.61. The number of nitrogens with zero attached hydrogens (tertiary/aromatic N) is 2. The molecule has 0 aliphatic carbocycles. The van der Waals surface area contributed by atoms with E-state index >= 15 is 0 Å². The predicted molar refractivity (Wildman–Crippen MR) is 87.0 cm³/mol. The molecule has 2 rings (SSSR count). The van der Waals surface area contributed by atoms with Crippen LogP contribution in [-0.4, -0.2) is 41.8 Å². The van der Waals surface area contributed by atoms with Crippen molar-refractivity contribution in [1.29, 1.82) is 0 Å². The fourth-order valence-corrected chi connectivity index (χ4v) is 1.79. The highest BCUT2D eigenvalue weighted by molar-refractivity contribution is 5.96. The predicted octanol–water partition coefficient (Wildman–Crippen LogP) is 0.676. The largest absolute Gasteiger partial charge is 0.504 e. The van der Waals surface area contributed by atoms with Gasteiger partial charge in [0.1, 0.15) is 0 Å². The smallest absolute Gasteiger partial charge is 0.259 e. The van der Waals surface area contributed by atoms with E-state index in [9.17, 15) is 14.7 Å². The van der Waals surface area contributed by atoms with E-state index in [-0.39, 0.29) is 18.2 Å². The number of carbonyl (C=O) groups excluding carboxylic acids is 2. The molecule has 1 aromatic carbocycles. The summed E-state index contributed by atoms with van der Waals surface area (Å²) in [5, 5.41) is 16.0. The fourth-order valence-electron chi connectivity index (χ4n) is 1.79. The van der Waals surface area contributed by atoms with Crippen LogP contribution in [0.3, 0.4) is 0 Å². The Balaban J connectivity index is 1.84. The number of pyridine rings is 1. The average molecular weight is 328 g/mol. The molecule has 0 unspecified atom stereocenters. The summed E-state index contributed by atoms with van der Waals surface area (Å²) in [5.74, 6) is -0.670. The van der Waals surface area contributed by atoms with Gasteiger partial charge in [-0.2, -0.15) is 5.10 Å². The molecule has 3 N–H and O–H groups in total. The third-order valence-corrected chi connectivity index (χ3v) is 3.00. The summed E-state index contributed by atoms with van der Waals surface area (Å²) in [6.45, 7) is -0.234. The van der Waals surface area contributed by atoms with Crippen molar-refractivity contribution in [2.24, 2.45) is 5.10 Å². The molecule has 8 nitrogen and oxygen atoms in total. The molecule has 0 fully saturated rings. The molecular formula is C16H16N4O4. The highest BCUT2D eigenvalue weighted by Gasteiger charge is 2.07. The van der Waals surface area contributed by atoms with E-state index in [4.69, 9.17) is 4.74 Å². The summed E-state index contributed by atoms with van der Waals surface area (Å²) >= 11 is 0. The quantitative estimate of drug-likeness (QED) is 0.533. The summed E-state index contributed by atoms with van der Waals surface area (Å²) in [7, 11) is 1.43. The normalized spacial score (nSPS) is 10.4. The number of rotatable bonds is 6. The van der Waals surface area contributed by atoms with E-state index < -0.39 is 5.91 Å². The Bertz CT molecular complexity index is 747. The minimum Gasteiger partial charge on any atom is -0.504 e. The van der Waals surface area contributed by atoms with Crippen LogP contribution in [0.2, 0.25) is 0 Å². The molecule has 0 radical (unpaired) electrons. The summed E-state index contributed by atoms with van der Waals surface area (Å²) in [5.41, 5.74) is 3.04. The lowest BCUT2D eigenvalue weighted by Gasteiger charge is -2.05. The van der Waals surface area contributed by atoms with Crippen LogP contribution in [-0.2, 0) is 4.79 Å². The number of hydrazone groups is 1. The number of hydrogen-bond acceptors (Lipinski definition) is 6. The zero-order valence-corrected chi connectivity index (χ0v) is 12.9. The summed E-state index contributed by atoms with van der Waals surface area (Å²) < 4.78 is 4.97. The first-order valence-corrected chi connectivity index (χ1v) is 6.98. The number of methoxy groups -OCH3 is 1. The van der Waals surface area contributed by atoms with Crippen LogP contribution in [0.25, 0.3) is 0 Å². The number of carbonyl (C=O) groups is 2. The van der Waals surface area contributed by atoms with E-state index in [1.54, 1.807) is 18.2 Å².